The molecule has 6 aromatic rings. The number of hydrogen-bond acceptors (Lipinski definition) is 6. The van der Waals surface area contributed by atoms with Gasteiger partial charge in [-0.15, -0.1) is 16.4 Å². The highest BCUT2D eigenvalue weighted by molar-refractivity contribution is 7.07. The van der Waals surface area contributed by atoms with Crippen LogP contribution in [0.25, 0.3) is 39.5 Å². The third-order valence-electron chi connectivity index (χ3n) is 7.71. The van der Waals surface area contributed by atoms with Crippen molar-refractivity contribution in [2.45, 2.75) is 26.3 Å². The highest BCUT2D eigenvalue weighted by atomic mass is 32.1. The minimum absolute atomic E-state index is 0.280. The van der Waals surface area contributed by atoms with E-state index in [0.29, 0.717) is 5.56 Å². The molecule has 0 bridgehead atoms. The number of ether oxygens (including phenoxy) is 2. The molecule has 0 atom stereocenters. The molecule has 0 radical (unpaired) electrons. The molecule has 46 heavy (non-hydrogen) atoms. The molecule has 0 spiro atoms. The summed E-state index contributed by atoms with van der Waals surface area (Å²) in [5.41, 5.74) is 9.98. The largest absolute Gasteiger partial charge is 0.497 e. The first kappa shape index (κ1) is 30.6. The van der Waals surface area contributed by atoms with E-state index in [-0.39, 0.29) is 5.91 Å². The predicted molar refractivity (Wildman–Crippen MR) is 183 cm³/mol. The maximum absolute atomic E-state index is 13.2. The van der Waals surface area contributed by atoms with Gasteiger partial charge < -0.3 is 14.0 Å². The minimum atomic E-state index is -0.280. The molecule has 0 saturated carbocycles. The van der Waals surface area contributed by atoms with Gasteiger partial charge in [-0.25, -0.2) is 10.1 Å². The molecule has 0 saturated heterocycles. The van der Waals surface area contributed by atoms with Crippen LogP contribution in [0.15, 0.2) is 120 Å². The van der Waals surface area contributed by atoms with Gasteiger partial charge in [0.15, 0.2) is 0 Å². The van der Waals surface area contributed by atoms with E-state index >= 15 is 0 Å². The molecule has 0 fully saturated rings. The maximum atomic E-state index is 13.2. The van der Waals surface area contributed by atoms with Crippen molar-refractivity contribution in [2.24, 2.45) is 5.10 Å². The van der Waals surface area contributed by atoms with E-state index in [1.54, 1.807) is 26.4 Å². The topological polar surface area (TPSA) is 82.7 Å². The number of methoxy groups -OCH3 is 2. The quantitative estimate of drug-likeness (QED) is 0.148. The molecule has 232 valence electrons. The van der Waals surface area contributed by atoms with Crippen LogP contribution in [-0.4, -0.2) is 34.5 Å². The van der Waals surface area contributed by atoms with Gasteiger partial charge in [-0.2, -0.15) is 5.10 Å². The highest BCUT2D eigenvalue weighted by Gasteiger charge is 2.15. The van der Waals surface area contributed by atoms with Gasteiger partial charge >= 0.3 is 0 Å². The fraction of sp³-hybridized carbons (Fsp3) is 0.162. The Bertz CT molecular complexity index is 1970. The molecule has 0 aliphatic carbocycles. The first-order chi connectivity index (χ1) is 22.6. The first-order valence-electron chi connectivity index (χ1n) is 15.1. The molecule has 1 N–H and O–H groups in total. The van der Waals surface area contributed by atoms with Gasteiger partial charge in [0.1, 0.15) is 11.5 Å². The number of amides is 1. The van der Waals surface area contributed by atoms with Crippen LogP contribution < -0.4 is 19.7 Å². The molecule has 8 nitrogen and oxygen atoms in total. The summed E-state index contributed by atoms with van der Waals surface area (Å²) in [5, 5.41) is 11.6. The van der Waals surface area contributed by atoms with E-state index in [2.05, 4.69) is 45.6 Å². The summed E-state index contributed by atoms with van der Waals surface area (Å²) in [6.07, 6.45) is 2.08. The zero-order valence-corrected chi connectivity index (χ0v) is 26.8. The van der Waals surface area contributed by atoms with E-state index in [9.17, 15) is 4.79 Å². The van der Waals surface area contributed by atoms with Crippen LogP contribution in [0.3, 0.4) is 0 Å². The molecule has 0 aliphatic rings. The lowest BCUT2D eigenvalue weighted by atomic mass is 10.1. The second-order valence-corrected chi connectivity index (χ2v) is 11.5. The molecule has 2 aromatic heterocycles. The van der Waals surface area contributed by atoms with Crippen molar-refractivity contribution in [2.75, 3.05) is 14.2 Å². The lowest BCUT2D eigenvalue weighted by Crippen LogP contribution is -2.25. The van der Waals surface area contributed by atoms with Crippen molar-refractivity contribution in [3.63, 3.8) is 0 Å². The Labute approximate surface area is 272 Å². The van der Waals surface area contributed by atoms with Gasteiger partial charge in [-0.1, -0.05) is 43.7 Å². The van der Waals surface area contributed by atoms with E-state index in [1.807, 2.05) is 83.5 Å². The number of nitrogens with zero attached hydrogens (tertiary/aromatic N) is 4. The number of benzene rings is 4. The fourth-order valence-corrected chi connectivity index (χ4v) is 6.05. The van der Waals surface area contributed by atoms with Gasteiger partial charge in [-0.05, 0) is 90.8 Å². The Balaban J connectivity index is 1.28. The number of nitrogens with one attached hydrogen (secondary N) is 1. The van der Waals surface area contributed by atoms with E-state index in [4.69, 9.17) is 14.6 Å². The van der Waals surface area contributed by atoms with E-state index < -0.39 is 0 Å². The van der Waals surface area contributed by atoms with Crippen LogP contribution in [-0.2, 0) is 6.54 Å². The molecule has 2 heterocycles. The molecule has 0 unspecified atom stereocenters. The monoisotopic (exact) mass is 629 g/mol. The molecular formula is C37H35N5O3S. The third-order valence-corrected chi connectivity index (χ3v) is 8.57. The van der Waals surface area contributed by atoms with Crippen LogP contribution in [0.4, 0.5) is 0 Å². The fourth-order valence-electron chi connectivity index (χ4n) is 5.16. The molecule has 6 rings (SSSR count). The Kier molecular flexibility index (Phi) is 9.40. The average molecular weight is 630 g/mol. The summed E-state index contributed by atoms with van der Waals surface area (Å²) < 4.78 is 14.8. The normalized spacial score (nSPS) is 11.4. The predicted octanol–water partition coefficient (Wildman–Crippen LogP) is 7.80. The summed E-state index contributed by atoms with van der Waals surface area (Å²) in [6, 6.07) is 35.4. The van der Waals surface area contributed by atoms with Gasteiger partial charge in [0.05, 0.1) is 37.0 Å². The third kappa shape index (κ3) is 6.64. The van der Waals surface area contributed by atoms with Crippen molar-refractivity contribution < 1.29 is 14.3 Å². The Morgan fingerprint density at radius 2 is 1.43 bits per heavy atom. The second kappa shape index (κ2) is 14.1. The highest BCUT2D eigenvalue weighted by Crippen LogP contribution is 2.31. The van der Waals surface area contributed by atoms with Crippen molar-refractivity contribution in [3.8, 4) is 51.0 Å². The van der Waals surface area contributed by atoms with E-state index in [0.717, 1.165) is 75.1 Å². The molecule has 4 aromatic carbocycles. The smallest absolute Gasteiger partial charge is 0.271 e. The number of aromatic nitrogens is 3. The van der Waals surface area contributed by atoms with Crippen LogP contribution >= 0.6 is 11.3 Å². The summed E-state index contributed by atoms with van der Waals surface area (Å²) in [4.78, 5) is 14.0. The number of hydrogen-bond donors (Lipinski definition) is 1. The van der Waals surface area contributed by atoms with Crippen LogP contribution in [0.2, 0.25) is 0 Å². The average Bonchev–Trinajstić information content (AvgIpc) is 3.75. The number of unbranched alkanes of at least 4 members (excludes halogenated alkanes) is 1. The Morgan fingerprint density at radius 1 is 0.804 bits per heavy atom. The van der Waals surface area contributed by atoms with Gasteiger partial charge in [0, 0.05) is 28.6 Å². The van der Waals surface area contributed by atoms with Crippen molar-refractivity contribution in [1.82, 2.24) is 19.8 Å². The van der Waals surface area contributed by atoms with Gasteiger partial charge in [-0.3, -0.25) is 4.79 Å². The maximum Gasteiger partial charge on any atom is 0.271 e. The summed E-state index contributed by atoms with van der Waals surface area (Å²) in [6.45, 7) is 2.99. The Morgan fingerprint density at radius 3 is 2.07 bits per heavy atom. The zero-order chi connectivity index (χ0) is 31.9. The number of carbonyl (C=O) groups is 1. The van der Waals surface area contributed by atoms with Crippen molar-refractivity contribution in [1.29, 1.82) is 0 Å². The SMILES string of the molecule is CCCCn1c(-c2ccccc2)csc1=NNC(=O)c1ccc(-n2nc(-c3ccc(OC)cc3)cc2-c2ccc(OC)cc2)cc1. The van der Waals surface area contributed by atoms with E-state index in [1.165, 1.54) is 11.3 Å². The van der Waals surface area contributed by atoms with Crippen molar-refractivity contribution in [3.05, 3.63) is 125 Å². The summed E-state index contributed by atoms with van der Waals surface area (Å²) >= 11 is 1.52. The molecule has 0 aliphatic heterocycles. The van der Waals surface area contributed by atoms with Gasteiger partial charge in [0.25, 0.3) is 5.91 Å². The number of rotatable bonds is 11. The number of carbonyl (C=O) groups excluding carboxylic acids is 1. The first-order valence-corrected chi connectivity index (χ1v) is 16.0. The number of thiazole rings is 1. The van der Waals surface area contributed by atoms with Crippen LogP contribution in [0, 0.1) is 0 Å². The van der Waals surface area contributed by atoms with Gasteiger partial charge in [0.2, 0.25) is 4.80 Å². The molecule has 1 amide bonds. The lowest BCUT2D eigenvalue weighted by Gasteiger charge is -2.10. The molecule has 9 heteroatoms. The zero-order valence-electron chi connectivity index (χ0n) is 26.0. The summed E-state index contributed by atoms with van der Waals surface area (Å²) in [7, 11) is 3.30. The van der Waals surface area contributed by atoms with Crippen LogP contribution in [0.5, 0.6) is 11.5 Å². The lowest BCUT2D eigenvalue weighted by molar-refractivity contribution is 0.0953. The standard InChI is InChI=1S/C37H35N5O3S/c1-4-5-23-41-35(27-9-7-6-8-10-27)25-46-37(41)39-38-36(43)29-11-17-30(18-12-29)42-34(28-15-21-32(45-3)22-16-28)24-33(40-42)26-13-19-31(44-2)20-14-26/h6-22,24-25H,4-5,23H2,1-3H3,(H,38,43). The summed E-state index contributed by atoms with van der Waals surface area (Å²) in [5.74, 6) is 1.28. The van der Waals surface area contributed by atoms with Crippen LogP contribution in [0.1, 0.15) is 30.1 Å². The van der Waals surface area contributed by atoms with Crippen molar-refractivity contribution >= 4 is 17.2 Å². The minimum Gasteiger partial charge on any atom is -0.497 e. The second-order valence-electron chi connectivity index (χ2n) is 10.7. The Hall–Kier alpha value is -5.41. The molecular weight excluding hydrogens is 595 g/mol.